The van der Waals surface area contributed by atoms with E-state index in [9.17, 15) is 0 Å². The Bertz CT molecular complexity index is 1090. The lowest BCUT2D eigenvalue weighted by Gasteiger charge is -2.08. The van der Waals surface area contributed by atoms with Crippen LogP contribution in [0.3, 0.4) is 0 Å². The number of pyridine rings is 2. The van der Waals surface area contributed by atoms with E-state index in [1.54, 1.807) is 0 Å². The first-order valence-electron chi connectivity index (χ1n) is 8.69. The summed E-state index contributed by atoms with van der Waals surface area (Å²) in [5.74, 6) is 0. The topological polar surface area (TPSA) is 43.6 Å². The lowest BCUT2D eigenvalue weighted by molar-refractivity contribution is 0.658. The Kier molecular flexibility index (Phi) is 3.17. The van der Waals surface area contributed by atoms with E-state index in [1.807, 2.05) is 37.4 Å². The Balaban J connectivity index is 1.84. The van der Waals surface area contributed by atoms with Crippen LogP contribution in [0.4, 0.5) is 0 Å². The molecule has 4 nitrogen and oxygen atoms in total. The number of para-hydroxylation sites is 1. The van der Waals surface area contributed by atoms with Crippen LogP contribution in [0.5, 0.6) is 0 Å². The third kappa shape index (κ3) is 2.25. The summed E-state index contributed by atoms with van der Waals surface area (Å²) in [4.78, 5) is 9.38. The number of nitrogens with zero attached hydrogens (tertiary/aromatic N) is 4. The van der Waals surface area contributed by atoms with Crippen molar-refractivity contribution in [1.82, 2.24) is 19.7 Å². The van der Waals surface area contributed by atoms with Gasteiger partial charge in [0, 0.05) is 40.6 Å². The zero-order valence-electron chi connectivity index (χ0n) is 14.1. The number of benzene rings is 1. The van der Waals surface area contributed by atoms with Gasteiger partial charge in [0.2, 0.25) is 0 Å². The molecule has 0 atom stereocenters. The zero-order chi connectivity index (χ0) is 16.8. The number of hydrogen-bond acceptors (Lipinski definition) is 3. The maximum atomic E-state index is 4.91. The smallest absolute Gasteiger partial charge is 0.119 e. The highest BCUT2D eigenvalue weighted by molar-refractivity contribution is 5.97. The highest BCUT2D eigenvalue weighted by atomic mass is 15.3. The van der Waals surface area contributed by atoms with E-state index < -0.39 is 0 Å². The van der Waals surface area contributed by atoms with Gasteiger partial charge in [-0.2, -0.15) is 5.10 Å². The van der Waals surface area contributed by atoms with Gasteiger partial charge in [-0.25, -0.2) is 0 Å². The van der Waals surface area contributed by atoms with E-state index in [-0.39, 0.29) is 0 Å². The first-order chi connectivity index (χ1) is 12.3. The average molecular weight is 326 g/mol. The summed E-state index contributed by atoms with van der Waals surface area (Å²) in [6.45, 7) is 3.00. The van der Waals surface area contributed by atoms with E-state index in [1.165, 1.54) is 11.3 Å². The number of rotatable bonds is 2. The molecule has 4 heterocycles. The molecule has 0 saturated heterocycles. The Morgan fingerprint density at radius 1 is 1.00 bits per heavy atom. The summed E-state index contributed by atoms with van der Waals surface area (Å²) in [6.07, 6.45) is 4.06. The fourth-order valence-electron chi connectivity index (χ4n) is 3.78. The van der Waals surface area contributed by atoms with Crippen molar-refractivity contribution in [1.29, 1.82) is 0 Å². The van der Waals surface area contributed by atoms with Crippen LogP contribution < -0.4 is 0 Å². The van der Waals surface area contributed by atoms with Gasteiger partial charge in [-0.3, -0.25) is 14.6 Å². The highest BCUT2D eigenvalue weighted by Crippen LogP contribution is 2.39. The van der Waals surface area contributed by atoms with Crippen LogP contribution in [0, 0.1) is 6.92 Å². The van der Waals surface area contributed by atoms with Crippen molar-refractivity contribution >= 4 is 10.9 Å². The molecule has 4 heteroatoms. The van der Waals surface area contributed by atoms with Crippen LogP contribution in [0.1, 0.15) is 17.8 Å². The van der Waals surface area contributed by atoms with Gasteiger partial charge in [-0.05, 0) is 38.0 Å². The maximum absolute atomic E-state index is 4.91. The standard InChI is InChI=1S/C21H18N4/c1-14-6-2-10-17(23-14)21-19(18-11-5-13-25(18)24-21)16-9-3-7-15-8-4-12-22-20(15)16/h2-4,6-10,12H,5,11,13H2,1H3. The second-order valence-corrected chi connectivity index (χ2v) is 6.54. The minimum atomic E-state index is 0.935. The molecule has 0 fully saturated rings. The van der Waals surface area contributed by atoms with Crippen molar-refractivity contribution < 1.29 is 0 Å². The van der Waals surface area contributed by atoms with E-state index in [0.29, 0.717) is 0 Å². The van der Waals surface area contributed by atoms with Gasteiger partial charge in [0.05, 0.1) is 11.2 Å². The lowest BCUT2D eigenvalue weighted by atomic mass is 9.97. The number of aromatic nitrogens is 4. The largest absolute Gasteiger partial charge is 0.268 e. The zero-order valence-corrected chi connectivity index (χ0v) is 14.1. The molecule has 4 aromatic rings. The molecular formula is C21H18N4. The fraction of sp³-hybridized carbons (Fsp3) is 0.190. The van der Waals surface area contributed by atoms with Crippen LogP contribution in [0.2, 0.25) is 0 Å². The van der Waals surface area contributed by atoms with Gasteiger partial charge in [-0.15, -0.1) is 0 Å². The predicted molar refractivity (Wildman–Crippen MR) is 99.3 cm³/mol. The summed E-state index contributed by atoms with van der Waals surface area (Å²) in [6, 6.07) is 16.6. The van der Waals surface area contributed by atoms with Crippen molar-refractivity contribution in [3.63, 3.8) is 0 Å². The normalized spacial score (nSPS) is 13.3. The molecule has 0 N–H and O–H groups in total. The molecule has 0 amide bonds. The summed E-state index contributed by atoms with van der Waals surface area (Å²) in [5.41, 5.74) is 7.59. The second kappa shape index (κ2) is 5.52. The summed E-state index contributed by atoms with van der Waals surface area (Å²) < 4.78 is 2.15. The molecule has 0 spiro atoms. The van der Waals surface area contributed by atoms with Crippen LogP contribution in [-0.4, -0.2) is 19.7 Å². The Morgan fingerprint density at radius 3 is 2.80 bits per heavy atom. The first-order valence-corrected chi connectivity index (χ1v) is 8.69. The van der Waals surface area contributed by atoms with Crippen molar-refractivity contribution in [2.75, 3.05) is 0 Å². The van der Waals surface area contributed by atoms with Crippen molar-refractivity contribution in [2.24, 2.45) is 0 Å². The molecule has 0 radical (unpaired) electrons. The molecule has 122 valence electrons. The Labute approximate surface area is 146 Å². The number of fused-ring (bicyclic) bond motifs is 2. The molecule has 1 aromatic carbocycles. The van der Waals surface area contributed by atoms with E-state index in [0.717, 1.165) is 52.9 Å². The quantitative estimate of drug-likeness (QED) is 0.548. The van der Waals surface area contributed by atoms with E-state index >= 15 is 0 Å². The highest BCUT2D eigenvalue weighted by Gasteiger charge is 2.25. The van der Waals surface area contributed by atoms with Gasteiger partial charge in [0.15, 0.2) is 0 Å². The SMILES string of the molecule is Cc1cccc(-c2nn3c(c2-c2cccc4cccnc24)CCC3)n1. The molecule has 1 aliphatic heterocycles. The Morgan fingerprint density at radius 2 is 1.88 bits per heavy atom. The summed E-state index contributed by atoms with van der Waals surface area (Å²) in [5, 5.41) is 6.07. The third-order valence-electron chi connectivity index (χ3n) is 4.87. The maximum Gasteiger partial charge on any atom is 0.119 e. The molecule has 0 saturated carbocycles. The summed E-state index contributed by atoms with van der Waals surface area (Å²) >= 11 is 0. The molecule has 3 aromatic heterocycles. The summed E-state index contributed by atoms with van der Waals surface area (Å²) in [7, 11) is 0. The van der Waals surface area contributed by atoms with E-state index in [2.05, 4.69) is 33.9 Å². The van der Waals surface area contributed by atoms with Gasteiger partial charge in [0.1, 0.15) is 5.69 Å². The lowest BCUT2D eigenvalue weighted by Crippen LogP contribution is -1.95. The van der Waals surface area contributed by atoms with Crippen molar-refractivity contribution in [3.05, 3.63) is 66.1 Å². The second-order valence-electron chi connectivity index (χ2n) is 6.54. The van der Waals surface area contributed by atoms with Crippen LogP contribution >= 0.6 is 0 Å². The van der Waals surface area contributed by atoms with Crippen LogP contribution in [0.25, 0.3) is 33.4 Å². The minimum Gasteiger partial charge on any atom is -0.268 e. The molecule has 0 aliphatic carbocycles. The fourth-order valence-corrected chi connectivity index (χ4v) is 3.78. The number of aryl methyl sites for hydroxylation is 2. The van der Waals surface area contributed by atoms with E-state index in [4.69, 9.17) is 10.1 Å². The van der Waals surface area contributed by atoms with Crippen LogP contribution in [0.15, 0.2) is 54.7 Å². The minimum absolute atomic E-state index is 0.935. The molecular weight excluding hydrogens is 308 g/mol. The van der Waals surface area contributed by atoms with Gasteiger partial charge in [-0.1, -0.05) is 30.3 Å². The van der Waals surface area contributed by atoms with Gasteiger partial charge in [0.25, 0.3) is 0 Å². The Hall–Kier alpha value is -3.01. The third-order valence-corrected chi connectivity index (χ3v) is 4.87. The van der Waals surface area contributed by atoms with Gasteiger partial charge < -0.3 is 0 Å². The first kappa shape index (κ1) is 14.3. The van der Waals surface area contributed by atoms with Crippen molar-refractivity contribution in [2.45, 2.75) is 26.3 Å². The molecule has 0 unspecified atom stereocenters. The molecule has 25 heavy (non-hydrogen) atoms. The molecule has 0 bridgehead atoms. The average Bonchev–Trinajstić information content (AvgIpc) is 3.22. The van der Waals surface area contributed by atoms with Crippen LogP contribution in [-0.2, 0) is 13.0 Å². The predicted octanol–water partition coefficient (Wildman–Crippen LogP) is 4.41. The number of hydrogen-bond donors (Lipinski definition) is 0. The van der Waals surface area contributed by atoms with Crippen molar-refractivity contribution in [3.8, 4) is 22.5 Å². The molecule has 5 rings (SSSR count). The van der Waals surface area contributed by atoms with Gasteiger partial charge >= 0.3 is 0 Å². The molecule has 1 aliphatic rings. The monoisotopic (exact) mass is 326 g/mol.